The van der Waals surface area contributed by atoms with E-state index in [9.17, 15) is 24.8 Å². The van der Waals surface area contributed by atoms with Crippen LogP contribution in [0.1, 0.15) is 43.7 Å². The Balaban J connectivity index is 1.54. The SMILES string of the molecule is COC(=O)C1C(C)=NC(C)=C(C(=O)OCCCCNCC(O)COc2ccccc2C#N)C1c1cccc([N+](=O)[O-])c1. The van der Waals surface area contributed by atoms with Gasteiger partial charge in [0.2, 0.25) is 0 Å². The molecule has 2 N–H and O–H groups in total. The van der Waals surface area contributed by atoms with Crippen LogP contribution in [0.25, 0.3) is 0 Å². The minimum Gasteiger partial charge on any atom is -0.489 e. The molecule has 222 valence electrons. The molecule has 12 nitrogen and oxygen atoms in total. The average molecular weight is 579 g/mol. The molecule has 0 amide bonds. The van der Waals surface area contributed by atoms with E-state index < -0.39 is 34.8 Å². The lowest BCUT2D eigenvalue weighted by Crippen LogP contribution is -2.36. The molecular formula is C30H34N4O8. The summed E-state index contributed by atoms with van der Waals surface area (Å²) in [6, 6.07) is 14.6. The highest BCUT2D eigenvalue weighted by atomic mass is 16.6. The van der Waals surface area contributed by atoms with E-state index in [1.165, 1.54) is 25.3 Å². The molecule has 1 aliphatic heterocycles. The Morgan fingerprint density at radius 1 is 1.19 bits per heavy atom. The Bertz CT molecular complexity index is 1400. The summed E-state index contributed by atoms with van der Waals surface area (Å²) in [5.41, 5.74) is 1.58. The number of hydrogen-bond donors (Lipinski definition) is 2. The van der Waals surface area contributed by atoms with Gasteiger partial charge < -0.3 is 24.6 Å². The van der Waals surface area contributed by atoms with Crippen molar-refractivity contribution in [2.24, 2.45) is 10.9 Å². The number of ether oxygens (including phenoxy) is 3. The number of aliphatic imine (C=N–C) groups is 1. The minimum absolute atomic E-state index is 0.0258. The highest BCUT2D eigenvalue weighted by Gasteiger charge is 2.42. The number of unbranched alkanes of at least 4 members (excludes halogenated alkanes) is 1. The third-order valence-corrected chi connectivity index (χ3v) is 6.74. The molecule has 0 spiro atoms. The maximum atomic E-state index is 13.3. The van der Waals surface area contributed by atoms with Crippen molar-refractivity contribution >= 4 is 23.3 Å². The van der Waals surface area contributed by atoms with Gasteiger partial charge in [-0.2, -0.15) is 5.26 Å². The van der Waals surface area contributed by atoms with Crippen LogP contribution < -0.4 is 10.1 Å². The topological polar surface area (TPSA) is 173 Å². The number of allylic oxidation sites excluding steroid dienone is 1. The molecular weight excluding hydrogens is 544 g/mol. The Morgan fingerprint density at radius 3 is 2.67 bits per heavy atom. The average Bonchev–Trinajstić information content (AvgIpc) is 2.98. The fourth-order valence-electron chi connectivity index (χ4n) is 4.72. The van der Waals surface area contributed by atoms with Gasteiger partial charge in [-0.05, 0) is 50.9 Å². The molecule has 0 bridgehead atoms. The Hall–Kier alpha value is -4.60. The van der Waals surface area contributed by atoms with Crippen molar-refractivity contribution in [1.82, 2.24) is 5.32 Å². The van der Waals surface area contributed by atoms with Crippen LogP contribution in [0.4, 0.5) is 5.69 Å². The highest BCUT2D eigenvalue weighted by molar-refractivity contribution is 6.07. The van der Waals surface area contributed by atoms with Gasteiger partial charge in [0, 0.05) is 36.0 Å². The molecule has 3 unspecified atom stereocenters. The number of para-hydroxylation sites is 1. The van der Waals surface area contributed by atoms with E-state index in [-0.39, 0.29) is 31.0 Å². The number of carbonyl (C=O) groups excluding carboxylic acids is 2. The number of methoxy groups -OCH3 is 1. The molecule has 0 fully saturated rings. The van der Waals surface area contributed by atoms with E-state index in [0.717, 1.165) is 0 Å². The monoisotopic (exact) mass is 578 g/mol. The first-order chi connectivity index (χ1) is 20.2. The largest absolute Gasteiger partial charge is 0.489 e. The summed E-state index contributed by atoms with van der Waals surface area (Å²) < 4.78 is 16.0. The summed E-state index contributed by atoms with van der Waals surface area (Å²) in [6.07, 6.45) is 0.387. The summed E-state index contributed by atoms with van der Waals surface area (Å²) >= 11 is 0. The number of aliphatic hydroxyl groups excluding tert-OH is 1. The summed E-state index contributed by atoms with van der Waals surface area (Å²) in [6.45, 7) is 4.24. The molecule has 2 aromatic carbocycles. The number of rotatable bonds is 14. The smallest absolute Gasteiger partial charge is 0.336 e. The predicted octanol–water partition coefficient (Wildman–Crippen LogP) is 3.44. The molecule has 0 saturated carbocycles. The molecule has 0 saturated heterocycles. The second-order valence-corrected chi connectivity index (χ2v) is 9.70. The van der Waals surface area contributed by atoms with Crippen molar-refractivity contribution in [1.29, 1.82) is 5.26 Å². The van der Waals surface area contributed by atoms with Crippen LogP contribution in [-0.2, 0) is 19.1 Å². The van der Waals surface area contributed by atoms with Crippen LogP contribution in [0.15, 0.2) is 64.8 Å². The summed E-state index contributed by atoms with van der Waals surface area (Å²) in [7, 11) is 1.23. The van der Waals surface area contributed by atoms with Crippen LogP contribution in [-0.4, -0.2) is 67.2 Å². The van der Waals surface area contributed by atoms with Crippen molar-refractivity contribution in [2.75, 3.05) is 33.4 Å². The zero-order valence-electron chi connectivity index (χ0n) is 23.7. The number of nitrogens with zero attached hydrogens (tertiary/aromatic N) is 3. The van der Waals surface area contributed by atoms with E-state index in [0.29, 0.717) is 47.7 Å². The van der Waals surface area contributed by atoms with Gasteiger partial charge >= 0.3 is 11.9 Å². The number of carbonyl (C=O) groups is 2. The third kappa shape index (κ3) is 8.22. The van der Waals surface area contributed by atoms with E-state index >= 15 is 0 Å². The zero-order valence-corrected chi connectivity index (χ0v) is 23.7. The van der Waals surface area contributed by atoms with Crippen molar-refractivity contribution in [3.8, 4) is 11.8 Å². The molecule has 42 heavy (non-hydrogen) atoms. The van der Waals surface area contributed by atoms with Crippen LogP contribution in [0.2, 0.25) is 0 Å². The van der Waals surface area contributed by atoms with E-state index in [4.69, 9.17) is 19.5 Å². The molecule has 3 atom stereocenters. The van der Waals surface area contributed by atoms with Crippen LogP contribution in [0, 0.1) is 27.4 Å². The van der Waals surface area contributed by atoms with Crippen LogP contribution >= 0.6 is 0 Å². The van der Waals surface area contributed by atoms with Crippen molar-refractivity contribution in [2.45, 2.75) is 38.7 Å². The first-order valence-corrected chi connectivity index (χ1v) is 13.4. The van der Waals surface area contributed by atoms with Crippen molar-refractivity contribution < 1.29 is 33.8 Å². The van der Waals surface area contributed by atoms with Gasteiger partial charge in [0.05, 0.1) is 29.8 Å². The predicted molar refractivity (Wildman–Crippen MR) is 153 cm³/mol. The maximum absolute atomic E-state index is 13.3. The number of benzene rings is 2. The molecule has 12 heteroatoms. The van der Waals surface area contributed by atoms with E-state index in [2.05, 4.69) is 10.3 Å². The third-order valence-electron chi connectivity index (χ3n) is 6.74. The molecule has 1 aliphatic rings. The van der Waals surface area contributed by atoms with Crippen molar-refractivity contribution in [3.63, 3.8) is 0 Å². The fraction of sp³-hybridized carbons (Fsp3) is 0.400. The number of nitro groups is 1. The number of nitriles is 1. The van der Waals surface area contributed by atoms with Crippen LogP contribution in [0.5, 0.6) is 5.75 Å². The Labute approximate surface area is 243 Å². The number of nitro benzene ring substituents is 1. The van der Waals surface area contributed by atoms with Crippen molar-refractivity contribution in [3.05, 3.63) is 81.0 Å². The normalized spacial score (nSPS) is 17.1. The van der Waals surface area contributed by atoms with Gasteiger partial charge in [-0.25, -0.2) is 4.79 Å². The second-order valence-electron chi connectivity index (χ2n) is 9.70. The van der Waals surface area contributed by atoms with E-state index in [1.807, 2.05) is 6.07 Å². The number of hydrogen-bond acceptors (Lipinski definition) is 11. The zero-order chi connectivity index (χ0) is 30.6. The molecule has 0 aromatic heterocycles. The van der Waals surface area contributed by atoms with Gasteiger partial charge in [-0.1, -0.05) is 24.3 Å². The number of aliphatic hydroxyl groups is 1. The summed E-state index contributed by atoms with van der Waals surface area (Å²) in [5.74, 6) is -2.68. The molecule has 3 rings (SSSR count). The Kier molecular flexibility index (Phi) is 11.7. The molecule has 0 aliphatic carbocycles. The van der Waals surface area contributed by atoms with Gasteiger partial charge in [0.25, 0.3) is 5.69 Å². The Morgan fingerprint density at radius 2 is 1.95 bits per heavy atom. The molecule has 2 aromatic rings. The maximum Gasteiger partial charge on any atom is 0.336 e. The standard InChI is InChI=1S/C30H34N4O8/c1-19-26(29(36)40-3)28(21-10-8-11-23(15-21)34(38)39)27(20(2)33-19)30(37)41-14-7-6-13-32-17-24(35)18-42-25-12-5-4-9-22(25)16-31/h4-5,8-12,15,24,26,28,32,35H,6-7,13-14,17-18H2,1-3H3. The first-order valence-electron chi connectivity index (χ1n) is 13.4. The lowest BCUT2D eigenvalue weighted by molar-refractivity contribution is -0.384. The van der Waals surface area contributed by atoms with Gasteiger partial charge in [0.15, 0.2) is 0 Å². The number of non-ortho nitro benzene ring substituents is 1. The molecule has 1 heterocycles. The molecule has 0 radical (unpaired) electrons. The van der Waals surface area contributed by atoms with E-state index in [1.54, 1.807) is 44.2 Å². The van der Waals surface area contributed by atoms with Gasteiger partial charge in [-0.3, -0.25) is 19.9 Å². The fourth-order valence-corrected chi connectivity index (χ4v) is 4.72. The second kappa shape index (κ2) is 15.4. The minimum atomic E-state index is -0.948. The van der Waals surface area contributed by atoms with Gasteiger partial charge in [-0.15, -0.1) is 0 Å². The highest BCUT2D eigenvalue weighted by Crippen LogP contribution is 2.41. The number of nitrogens with one attached hydrogen (secondary N) is 1. The summed E-state index contributed by atoms with van der Waals surface area (Å²) in [5, 5.41) is 33.8. The van der Waals surface area contributed by atoms with Gasteiger partial charge in [0.1, 0.15) is 30.4 Å². The number of esters is 2. The quantitative estimate of drug-likeness (QED) is 0.146. The lowest BCUT2D eigenvalue weighted by atomic mass is 9.75. The summed E-state index contributed by atoms with van der Waals surface area (Å²) in [4.78, 5) is 41.3. The van der Waals surface area contributed by atoms with Crippen LogP contribution in [0.3, 0.4) is 0 Å². The first kappa shape index (κ1) is 31.9. The lowest BCUT2D eigenvalue weighted by Gasteiger charge is -2.31.